The van der Waals surface area contributed by atoms with E-state index < -0.39 is 0 Å². The maximum Gasteiger partial charge on any atom is 0.333 e. The molecule has 0 aliphatic rings. The zero-order valence-corrected chi connectivity index (χ0v) is 12.2. The Hall–Kier alpha value is -0.870. The van der Waals surface area contributed by atoms with Gasteiger partial charge in [-0.05, 0) is 34.6 Å². The van der Waals surface area contributed by atoms with Crippen molar-refractivity contribution in [2.45, 2.75) is 52.7 Å². The Morgan fingerprint density at radius 2 is 1.94 bits per heavy atom. The molecule has 0 aliphatic heterocycles. The highest BCUT2D eigenvalue weighted by molar-refractivity contribution is 5.87. The summed E-state index contributed by atoms with van der Waals surface area (Å²) in [5.74, 6) is -0.379. The van der Waals surface area contributed by atoms with Crippen molar-refractivity contribution in [3.63, 3.8) is 0 Å². The predicted molar refractivity (Wildman–Crippen MR) is 71.5 cm³/mol. The van der Waals surface area contributed by atoms with Crippen LogP contribution in [0.2, 0.25) is 0 Å². The van der Waals surface area contributed by atoms with E-state index in [0.717, 1.165) is 0 Å². The van der Waals surface area contributed by atoms with E-state index in [9.17, 15) is 4.79 Å². The van der Waals surface area contributed by atoms with Gasteiger partial charge in [0.2, 0.25) is 0 Å². The van der Waals surface area contributed by atoms with Crippen LogP contribution in [0.4, 0.5) is 0 Å². The molecule has 0 saturated carbocycles. The Labute approximate surface area is 110 Å². The molecule has 1 atom stereocenters. The first kappa shape index (κ1) is 17.1. The predicted octanol–water partition coefficient (Wildman–Crippen LogP) is 2.72. The number of hydrogen-bond donors (Lipinski definition) is 0. The first-order chi connectivity index (χ1) is 8.26. The highest BCUT2D eigenvalue weighted by atomic mass is 16.6. The summed E-state index contributed by atoms with van der Waals surface area (Å²) in [4.78, 5) is 11.5. The summed E-state index contributed by atoms with van der Waals surface area (Å²) in [6.45, 7) is 14.6. The van der Waals surface area contributed by atoms with E-state index in [1.807, 2.05) is 27.7 Å². The second-order valence-electron chi connectivity index (χ2n) is 5.22. The van der Waals surface area contributed by atoms with Crippen molar-refractivity contribution in [3.8, 4) is 0 Å². The number of carbonyl (C=O) groups is 1. The average Bonchev–Trinajstić information content (AvgIpc) is 2.23. The van der Waals surface area contributed by atoms with Gasteiger partial charge < -0.3 is 14.2 Å². The first-order valence-electron chi connectivity index (χ1n) is 6.34. The maximum atomic E-state index is 11.5. The molecule has 0 spiro atoms. The molecule has 18 heavy (non-hydrogen) atoms. The normalized spacial score (nSPS) is 13.2. The molecule has 0 bridgehead atoms. The van der Waals surface area contributed by atoms with Crippen LogP contribution in [0.25, 0.3) is 0 Å². The molecule has 0 N–H and O–H groups in total. The second kappa shape index (κ2) is 8.27. The van der Waals surface area contributed by atoms with Crippen LogP contribution >= 0.6 is 0 Å². The molecule has 1 unspecified atom stereocenters. The minimum absolute atomic E-state index is 0.186. The molecule has 0 rings (SSSR count). The van der Waals surface area contributed by atoms with Crippen LogP contribution in [0, 0.1) is 0 Å². The monoisotopic (exact) mass is 258 g/mol. The van der Waals surface area contributed by atoms with Crippen LogP contribution < -0.4 is 0 Å². The number of ether oxygens (including phenoxy) is 3. The number of rotatable bonds is 8. The van der Waals surface area contributed by atoms with Crippen LogP contribution in [0.5, 0.6) is 0 Å². The van der Waals surface area contributed by atoms with Crippen LogP contribution in [0.15, 0.2) is 12.2 Å². The van der Waals surface area contributed by atoms with Crippen molar-refractivity contribution in [2.24, 2.45) is 0 Å². The lowest BCUT2D eigenvalue weighted by Crippen LogP contribution is -2.28. The smallest absolute Gasteiger partial charge is 0.333 e. The highest BCUT2D eigenvalue weighted by Gasteiger charge is 2.17. The average molecular weight is 258 g/mol. The summed E-state index contributed by atoms with van der Waals surface area (Å²) < 4.78 is 16.2. The number of hydrogen-bond acceptors (Lipinski definition) is 4. The van der Waals surface area contributed by atoms with Gasteiger partial charge in [-0.3, -0.25) is 0 Å². The van der Waals surface area contributed by atoms with Crippen molar-refractivity contribution >= 4 is 5.97 Å². The molecule has 0 aliphatic carbocycles. The van der Waals surface area contributed by atoms with Gasteiger partial charge in [-0.25, -0.2) is 4.79 Å². The van der Waals surface area contributed by atoms with Gasteiger partial charge in [-0.2, -0.15) is 0 Å². The van der Waals surface area contributed by atoms with E-state index >= 15 is 0 Å². The molecule has 0 aromatic rings. The molecule has 0 aromatic heterocycles. The van der Waals surface area contributed by atoms with E-state index in [-0.39, 0.29) is 17.7 Å². The summed E-state index contributed by atoms with van der Waals surface area (Å²) in [5.41, 5.74) is 0.211. The highest BCUT2D eigenvalue weighted by Crippen LogP contribution is 2.10. The Bertz CT molecular complexity index is 265. The zero-order chi connectivity index (χ0) is 14.2. The third-order valence-corrected chi connectivity index (χ3v) is 2.10. The Morgan fingerprint density at radius 3 is 2.39 bits per heavy atom. The van der Waals surface area contributed by atoms with Crippen molar-refractivity contribution in [3.05, 3.63) is 12.2 Å². The molecule has 0 heterocycles. The minimum atomic E-state index is -0.379. The zero-order valence-electron chi connectivity index (χ0n) is 12.2. The third kappa shape index (κ3) is 9.19. The Morgan fingerprint density at radius 1 is 1.33 bits per heavy atom. The summed E-state index contributed by atoms with van der Waals surface area (Å²) in [7, 11) is 0. The second-order valence-corrected chi connectivity index (χ2v) is 5.22. The quantitative estimate of drug-likeness (QED) is 0.496. The topological polar surface area (TPSA) is 44.8 Å². The lowest BCUT2D eigenvalue weighted by Gasteiger charge is -2.22. The van der Waals surface area contributed by atoms with Crippen LogP contribution in [-0.4, -0.2) is 37.5 Å². The third-order valence-electron chi connectivity index (χ3n) is 2.10. The van der Waals surface area contributed by atoms with Gasteiger partial charge in [0, 0.05) is 18.6 Å². The number of carbonyl (C=O) groups excluding carboxylic acids is 1. The minimum Gasteiger partial charge on any atom is -0.456 e. The van der Waals surface area contributed by atoms with E-state index in [1.54, 1.807) is 6.92 Å². The van der Waals surface area contributed by atoms with Crippen molar-refractivity contribution in [1.82, 2.24) is 0 Å². The van der Waals surface area contributed by atoms with Gasteiger partial charge in [-0.1, -0.05) is 6.58 Å². The maximum absolute atomic E-state index is 11.5. The van der Waals surface area contributed by atoms with Crippen LogP contribution in [-0.2, 0) is 19.0 Å². The first-order valence-corrected chi connectivity index (χ1v) is 6.34. The molecule has 0 radical (unpaired) electrons. The summed E-state index contributed by atoms with van der Waals surface area (Å²) in [5, 5.41) is 0. The van der Waals surface area contributed by atoms with Crippen molar-refractivity contribution in [1.29, 1.82) is 0 Å². The largest absolute Gasteiger partial charge is 0.456 e. The molecule has 0 amide bonds. The van der Waals surface area contributed by atoms with Crippen molar-refractivity contribution in [2.75, 3.05) is 19.8 Å². The summed E-state index contributed by atoms with van der Waals surface area (Å²) in [6.07, 6.45) is 0.340. The van der Waals surface area contributed by atoms with Gasteiger partial charge >= 0.3 is 5.97 Å². The fourth-order valence-corrected chi connectivity index (χ4v) is 1.17. The molecule has 4 heteroatoms. The van der Waals surface area contributed by atoms with E-state index in [1.165, 1.54) is 0 Å². The number of esters is 1. The lowest BCUT2D eigenvalue weighted by atomic mass is 10.2. The van der Waals surface area contributed by atoms with Crippen molar-refractivity contribution < 1.29 is 19.0 Å². The van der Waals surface area contributed by atoms with Crippen LogP contribution in [0.1, 0.15) is 41.0 Å². The van der Waals surface area contributed by atoms with Gasteiger partial charge in [0.15, 0.2) is 0 Å². The SMILES string of the molecule is C=C(C)C(=O)OC(CCOC(C)(C)C)COCC. The molecule has 4 nitrogen and oxygen atoms in total. The Kier molecular flexibility index (Phi) is 7.87. The van der Waals surface area contributed by atoms with E-state index in [4.69, 9.17) is 14.2 Å². The molecule has 0 saturated heterocycles. The molecular formula is C14H26O4. The van der Waals surface area contributed by atoms with E-state index in [0.29, 0.717) is 31.8 Å². The molecule has 0 fully saturated rings. The van der Waals surface area contributed by atoms with Crippen LogP contribution in [0.3, 0.4) is 0 Å². The van der Waals surface area contributed by atoms with Gasteiger partial charge in [-0.15, -0.1) is 0 Å². The van der Waals surface area contributed by atoms with Gasteiger partial charge in [0.25, 0.3) is 0 Å². The molecular weight excluding hydrogens is 232 g/mol. The fourth-order valence-electron chi connectivity index (χ4n) is 1.17. The van der Waals surface area contributed by atoms with Gasteiger partial charge in [0.1, 0.15) is 6.10 Å². The molecule has 106 valence electrons. The standard InChI is InChI=1S/C14H26O4/c1-7-16-10-12(18-13(15)11(2)3)8-9-17-14(4,5)6/h12H,2,7-10H2,1,3-6H3. The van der Waals surface area contributed by atoms with Gasteiger partial charge in [0.05, 0.1) is 18.8 Å². The molecule has 0 aromatic carbocycles. The Balaban J connectivity index is 4.14. The van der Waals surface area contributed by atoms with E-state index in [2.05, 4.69) is 6.58 Å². The lowest BCUT2D eigenvalue weighted by molar-refractivity contribution is -0.149. The summed E-state index contributed by atoms with van der Waals surface area (Å²) in [6, 6.07) is 0. The fraction of sp³-hybridized carbons (Fsp3) is 0.786. The summed E-state index contributed by atoms with van der Waals surface area (Å²) >= 11 is 0.